The number of aryl methyl sites for hydroxylation is 1. The molecule has 2 atom stereocenters. The fourth-order valence-electron chi connectivity index (χ4n) is 3.00. The van der Waals surface area contributed by atoms with E-state index in [-0.39, 0.29) is 11.8 Å². The van der Waals surface area contributed by atoms with Crippen molar-refractivity contribution in [2.75, 3.05) is 11.9 Å². The molecule has 1 amide bonds. The van der Waals surface area contributed by atoms with E-state index < -0.39 is 18.6 Å². The van der Waals surface area contributed by atoms with E-state index in [4.69, 9.17) is 10.5 Å². The van der Waals surface area contributed by atoms with Crippen LogP contribution in [0.5, 0.6) is 5.75 Å². The van der Waals surface area contributed by atoms with E-state index >= 15 is 0 Å². The van der Waals surface area contributed by atoms with E-state index in [1.165, 1.54) is 0 Å². The first kappa shape index (κ1) is 17.7. The molecule has 0 heterocycles. The maximum atomic E-state index is 12.5. The van der Waals surface area contributed by atoms with Crippen molar-refractivity contribution >= 4 is 11.6 Å². The number of ether oxygens (including phenoxy) is 1. The van der Waals surface area contributed by atoms with Gasteiger partial charge in [-0.2, -0.15) is 0 Å². The number of anilines is 1. The molecule has 23 heavy (non-hydrogen) atoms. The number of benzene rings is 1. The lowest BCUT2D eigenvalue weighted by Crippen LogP contribution is -2.51. The molecule has 1 aromatic carbocycles. The number of carbonyl (C=O) groups is 1. The van der Waals surface area contributed by atoms with Crippen molar-refractivity contribution in [3.63, 3.8) is 0 Å². The Morgan fingerprint density at radius 2 is 2.22 bits per heavy atom. The van der Waals surface area contributed by atoms with Gasteiger partial charge in [0.25, 0.3) is 6.43 Å². The zero-order valence-electron chi connectivity index (χ0n) is 13.6. The van der Waals surface area contributed by atoms with Gasteiger partial charge in [0.2, 0.25) is 5.91 Å². The van der Waals surface area contributed by atoms with Crippen LogP contribution in [-0.4, -0.2) is 24.5 Å². The molecule has 0 saturated heterocycles. The van der Waals surface area contributed by atoms with Crippen molar-refractivity contribution in [2.24, 2.45) is 11.7 Å². The summed E-state index contributed by atoms with van der Waals surface area (Å²) >= 11 is 0. The van der Waals surface area contributed by atoms with Gasteiger partial charge in [0.05, 0.1) is 5.92 Å². The first-order valence-electron chi connectivity index (χ1n) is 7.91. The molecular formula is C17H24F2N2O2. The van der Waals surface area contributed by atoms with Crippen LogP contribution in [0.25, 0.3) is 0 Å². The first-order chi connectivity index (χ1) is 10.8. The molecule has 1 aliphatic rings. The Morgan fingerprint density at radius 3 is 2.87 bits per heavy atom. The third kappa shape index (κ3) is 4.64. The molecule has 0 aromatic heterocycles. The van der Waals surface area contributed by atoms with Gasteiger partial charge in [0, 0.05) is 17.3 Å². The van der Waals surface area contributed by atoms with Crippen LogP contribution in [0.15, 0.2) is 18.2 Å². The number of rotatable bonds is 5. The normalized spacial score (nSPS) is 24.5. The molecule has 1 aliphatic carbocycles. The van der Waals surface area contributed by atoms with E-state index in [2.05, 4.69) is 5.32 Å². The highest BCUT2D eigenvalue weighted by Crippen LogP contribution is 2.33. The highest BCUT2D eigenvalue weighted by Gasteiger charge is 2.37. The summed E-state index contributed by atoms with van der Waals surface area (Å²) in [4.78, 5) is 12.5. The van der Waals surface area contributed by atoms with Gasteiger partial charge in [0.15, 0.2) is 0 Å². The predicted octanol–water partition coefficient (Wildman–Crippen LogP) is 3.49. The van der Waals surface area contributed by atoms with E-state index in [9.17, 15) is 13.6 Å². The van der Waals surface area contributed by atoms with E-state index in [1.54, 1.807) is 25.1 Å². The third-order valence-corrected chi connectivity index (χ3v) is 4.39. The quantitative estimate of drug-likeness (QED) is 0.870. The average molecular weight is 326 g/mol. The largest absolute Gasteiger partial charge is 0.487 e. The lowest BCUT2D eigenvalue weighted by Gasteiger charge is -2.37. The summed E-state index contributed by atoms with van der Waals surface area (Å²) < 4.78 is 29.6. The second-order valence-electron chi connectivity index (χ2n) is 6.48. The minimum Gasteiger partial charge on any atom is -0.487 e. The van der Waals surface area contributed by atoms with E-state index in [1.807, 2.05) is 6.92 Å². The van der Waals surface area contributed by atoms with Crippen LogP contribution >= 0.6 is 0 Å². The SMILES string of the molecule is Cc1ccc(NC(=O)C2CCCCC2(C)N)cc1OCC(F)F. The number of nitrogens with two attached hydrogens (primary N) is 1. The van der Waals surface area contributed by atoms with Crippen LogP contribution in [-0.2, 0) is 4.79 Å². The zero-order valence-corrected chi connectivity index (χ0v) is 13.6. The second kappa shape index (κ2) is 7.25. The smallest absolute Gasteiger partial charge is 0.272 e. The van der Waals surface area contributed by atoms with Gasteiger partial charge < -0.3 is 15.8 Å². The molecule has 0 aliphatic heterocycles. The van der Waals surface area contributed by atoms with Gasteiger partial charge in [-0.25, -0.2) is 8.78 Å². The van der Waals surface area contributed by atoms with Crippen LogP contribution < -0.4 is 15.8 Å². The summed E-state index contributed by atoms with van der Waals surface area (Å²) in [6.45, 7) is 3.01. The molecule has 1 aromatic rings. The molecule has 4 nitrogen and oxygen atoms in total. The summed E-state index contributed by atoms with van der Waals surface area (Å²) in [7, 11) is 0. The molecule has 3 N–H and O–H groups in total. The monoisotopic (exact) mass is 326 g/mol. The summed E-state index contributed by atoms with van der Waals surface area (Å²) in [5.41, 5.74) is 7.01. The number of halogens is 2. The molecule has 128 valence electrons. The molecule has 1 saturated carbocycles. The number of amides is 1. The number of hydrogen-bond donors (Lipinski definition) is 2. The van der Waals surface area contributed by atoms with E-state index in [0.717, 1.165) is 31.2 Å². The van der Waals surface area contributed by atoms with Gasteiger partial charge in [-0.3, -0.25) is 4.79 Å². The lowest BCUT2D eigenvalue weighted by molar-refractivity contribution is -0.122. The van der Waals surface area contributed by atoms with Gasteiger partial charge in [-0.1, -0.05) is 18.9 Å². The van der Waals surface area contributed by atoms with Crippen molar-refractivity contribution in [1.29, 1.82) is 0 Å². The molecule has 6 heteroatoms. The van der Waals surface area contributed by atoms with Crippen LogP contribution in [0.1, 0.15) is 38.2 Å². The molecule has 2 unspecified atom stereocenters. The second-order valence-corrected chi connectivity index (χ2v) is 6.48. The molecule has 0 bridgehead atoms. The predicted molar refractivity (Wildman–Crippen MR) is 85.9 cm³/mol. The number of alkyl halides is 2. The Bertz CT molecular complexity index is 562. The Balaban J connectivity index is 2.07. The Labute approximate surface area is 135 Å². The zero-order chi connectivity index (χ0) is 17.0. The molecule has 1 fully saturated rings. The lowest BCUT2D eigenvalue weighted by atomic mass is 9.74. The maximum Gasteiger partial charge on any atom is 0.272 e. The molecule has 0 radical (unpaired) electrons. The maximum absolute atomic E-state index is 12.5. The summed E-state index contributed by atoms with van der Waals surface area (Å²) in [5, 5.41) is 2.84. The van der Waals surface area contributed by atoms with Crippen molar-refractivity contribution in [1.82, 2.24) is 0 Å². The first-order valence-corrected chi connectivity index (χ1v) is 7.91. The van der Waals surface area contributed by atoms with Gasteiger partial charge in [0.1, 0.15) is 12.4 Å². The minimum atomic E-state index is -2.53. The highest BCUT2D eigenvalue weighted by molar-refractivity contribution is 5.93. The number of hydrogen-bond acceptors (Lipinski definition) is 3. The molecule has 0 spiro atoms. The van der Waals surface area contributed by atoms with Gasteiger partial charge in [-0.15, -0.1) is 0 Å². The Kier molecular flexibility index (Phi) is 5.57. The van der Waals surface area contributed by atoms with Gasteiger partial charge in [-0.05, 0) is 38.3 Å². The fraction of sp³-hybridized carbons (Fsp3) is 0.588. The van der Waals surface area contributed by atoms with Crippen molar-refractivity contribution in [3.8, 4) is 5.75 Å². The van der Waals surface area contributed by atoms with Crippen LogP contribution in [0, 0.1) is 12.8 Å². The number of carbonyl (C=O) groups excluding carboxylic acids is 1. The molecule has 2 rings (SSSR count). The fourth-order valence-corrected chi connectivity index (χ4v) is 3.00. The highest BCUT2D eigenvalue weighted by atomic mass is 19.3. The summed E-state index contributed by atoms with van der Waals surface area (Å²) in [6.07, 6.45) is 1.07. The van der Waals surface area contributed by atoms with Gasteiger partial charge >= 0.3 is 0 Å². The van der Waals surface area contributed by atoms with Crippen molar-refractivity contribution < 1.29 is 18.3 Å². The minimum absolute atomic E-state index is 0.127. The third-order valence-electron chi connectivity index (χ3n) is 4.39. The van der Waals surface area contributed by atoms with Crippen LogP contribution in [0.2, 0.25) is 0 Å². The standard InChI is InChI=1S/C17H24F2N2O2/c1-11-6-7-12(9-14(11)23-10-15(18)19)21-16(22)13-5-3-4-8-17(13,2)20/h6-7,9,13,15H,3-5,8,10,20H2,1-2H3,(H,21,22). The van der Waals surface area contributed by atoms with Crippen LogP contribution in [0.4, 0.5) is 14.5 Å². The number of nitrogens with one attached hydrogen (secondary N) is 1. The summed E-state index contributed by atoms with van der Waals surface area (Å²) in [5.74, 6) is -0.0244. The average Bonchev–Trinajstić information content (AvgIpc) is 2.47. The molecular weight excluding hydrogens is 302 g/mol. The van der Waals surface area contributed by atoms with Crippen molar-refractivity contribution in [2.45, 2.75) is 51.5 Å². The Morgan fingerprint density at radius 1 is 1.48 bits per heavy atom. The van der Waals surface area contributed by atoms with E-state index in [0.29, 0.717) is 11.4 Å². The topological polar surface area (TPSA) is 64.4 Å². The Hall–Kier alpha value is -1.69. The van der Waals surface area contributed by atoms with Crippen LogP contribution in [0.3, 0.4) is 0 Å². The van der Waals surface area contributed by atoms with Crippen molar-refractivity contribution in [3.05, 3.63) is 23.8 Å². The summed E-state index contributed by atoms with van der Waals surface area (Å²) in [6, 6.07) is 5.05.